The van der Waals surface area contributed by atoms with Gasteiger partial charge in [0.15, 0.2) is 0 Å². The van der Waals surface area contributed by atoms with Crippen LogP contribution in [0.4, 0.5) is 61.5 Å². The maximum absolute atomic E-state index is 13.9. The number of carbonyl (C=O) groups excluding carboxylic acids is 1. The Hall–Kier alpha value is -4.70. The number of alkyl halides is 9. The SMILES string of the molecule is CC[C@@H]1C[C@H](Nc2ncc(N(C)C)cc2Cc2cc(C(F)(F)F)cc(C(F)(F)F)c2)c2cc(C(F)(F)F)ccc2N1C(=O)OCC(C)(C)C(=O)O. The number of nitrogens with one attached hydrogen (secondary N) is 1. The van der Waals surface area contributed by atoms with Gasteiger partial charge in [0.2, 0.25) is 0 Å². The predicted molar refractivity (Wildman–Crippen MR) is 170 cm³/mol. The van der Waals surface area contributed by atoms with Crippen LogP contribution < -0.4 is 15.1 Å². The van der Waals surface area contributed by atoms with E-state index < -0.39 is 77.8 Å². The van der Waals surface area contributed by atoms with Crippen molar-refractivity contribution in [3.63, 3.8) is 0 Å². The molecule has 0 aliphatic carbocycles. The normalized spacial score (nSPS) is 16.8. The number of ether oxygens (including phenoxy) is 1. The highest BCUT2D eigenvalue weighted by Crippen LogP contribution is 2.44. The number of aliphatic carboxylic acids is 1. The number of rotatable bonds is 9. The highest BCUT2D eigenvalue weighted by atomic mass is 19.4. The number of halogens is 9. The van der Waals surface area contributed by atoms with Crippen LogP contribution in [0.5, 0.6) is 0 Å². The van der Waals surface area contributed by atoms with Crippen molar-refractivity contribution >= 4 is 29.3 Å². The Kier molecular flexibility index (Phi) is 10.8. The fourth-order valence-electron chi connectivity index (χ4n) is 5.55. The maximum atomic E-state index is 13.9. The van der Waals surface area contributed by atoms with Gasteiger partial charge in [0.1, 0.15) is 12.4 Å². The van der Waals surface area contributed by atoms with Crippen LogP contribution >= 0.6 is 0 Å². The fourth-order valence-corrected chi connectivity index (χ4v) is 5.55. The van der Waals surface area contributed by atoms with E-state index in [1.807, 2.05) is 0 Å². The number of carbonyl (C=O) groups is 2. The van der Waals surface area contributed by atoms with Crippen molar-refractivity contribution in [2.75, 3.05) is 35.8 Å². The molecule has 2 heterocycles. The second kappa shape index (κ2) is 14.1. The van der Waals surface area contributed by atoms with Gasteiger partial charge >= 0.3 is 30.6 Å². The molecule has 2 atom stereocenters. The number of benzene rings is 2. The summed E-state index contributed by atoms with van der Waals surface area (Å²) in [5.74, 6) is -1.27. The first-order valence-electron chi connectivity index (χ1n) is 15.5. The Bertz CT molecular complexity index is 1740. The van der Waals surface area contributed by atoms with Crippen LogP contribution in [0.1, 0.15) is 73.0 Å². The van der Waals surface area contributed by atoms with Crippen LogP contribution in [0.25, 0.3) is 0 Å². The van der Waals surface area contributed by atoms with Gasteiger partial charge in [-0.25, -0.2) is 9.78 Å². The fraction of sp³-hybridized carbons (Fsp3) is 0.441. The van der Waals surface area contributed by atoms with E-state index in [1.165, 1.54) is 26.1 Å². The van der Waals surface area contributed by atoms with Gasteiger partial charge in [0.25, 0.3) is 0 Å². The lowest BCUT2D eigenvalue weighted by Crippen LogP contribution is -2.47. The summed E-state index contributed by atoms with van der Waals surface area (Å²) in [6.07, 6.45) is -14.8. The summed E-state index contributed by atoms with van der Waals surface area (Å²) >= 11 is 0. The second-order valence-electron chi connectivity index (χ2n) is 13.1. The van der Waals surface area contributed by atoms with Gasteiger partial charge in [0.05, 0.1) is 45.7 Å². The molecule has 0 radical (unpaired) electrons. The molecule has 8 nitrogen and oxygen atoms in total. The van der Waals surface area contributed by atoms with Crippen molar-refractivity contribution in [3.05, 3.63) is 82.0 Å². The Balaban J connectivity index is 1.81. The molecule has 0 saturated carbocycles. The Morgan fingerprint density at radius 1 is 0.922 bits per heavy atom. The average Bonchev–Trinajstić information content (AvgIpc) is 3.02. The van der Waals surface area contributed by atoms with Gasteiger partial charge in [-0.3, -0.25) is 9.69 Å². The molecule has 0 saturated heterocycles. The van der Waals surface area contributed by atoms with Gasteiger partial charge in [-0.2, -0.15) is 39.5 Å². The molecule has 1 aliphatic heterocycles. The zero-order valence-electron chi connectivity index (χ0n) is 28.0. The topological polar surface area (TPSA) is 95.0 Å². The molecule has 1 aliphatic rings. The molecule has 1 amide bonds. The van der Waals surface area contributed by atoms with Gasteiger partial charge in [-0.1, -0.05) is 6.92 Å². The van der Waals surface area contributed by atoms with Gasteiger partial charge in [-0.05, 0) is 80.3 Å². The number of carboxylic acid groups (broad SMARTS) is 1. The molecule has 4 rings (SSSR count). The molecule has 0 bridgehead atoms. The summed E-state index contributed by atoms with van der Waals surface area (Å²) < 4.78 is 129. The second-order valence-corrected chi connectivity index (χ2v) is 13.1. The van der Waals surface area contributed by atoms with Crippen LogP contribution in [0.15, 0.2) is 48.7 Å². The number of amides is 1. The molecule has 2 aromatic carbocycles. The highest BCUT2D eigenvalue weighted by molar-refractivity contribution is 5.91. The number of nitrogens with zero attached hydrogens (tertiary/aromatic N) is 3. The smallest absolute Gasteiger partial charge is 0.416 e. The summed E-state index contributed by atoms with van der Waals surface area (Å²) in [6.45, 7) is 3.83. The van der Waals surface area contributed by atoms with E-state index in [0.717, 1.165) is 23.1 Å². The molecule has 1 aromatic heterocycles. The number of hydrogen-bond donors (Lipinski definition) is 2. The van der Waals surface area contributed by atoms with E-state index in [1.54, 1.807) is 25.9 Å². The number of carboxylic acids is 1. The standard InChI is InChI=1S/C34H35F9N4O4/c1-6-23-15-26(25-14-20(32(35,36)37)7-8-27(25)47(23)30(50)51-17-31(2,3)29(48)49)45-28-19(12-24(16-44-28)46(4)5)9-18-10-21(33(38,39)40)13-22(11-18)34(41,42)43/h7-8,10-14,16,23,26H,6,9,15,17H2,1-5H3,(H,44,45)(H,48,49)/t23-,26+/m1/s1. The van der Waals surface area contributed by atoms with Crippen molar-refractivity contribution in [1.29, 1.82) is 0 Å². The predicted octanol–water partition coefficient (Wildman–Crippen LogP) is 9.18. The van der Waals surface area contributed by atoms with Crippen molar-refractivity contribution in [3.8, 4) is 0 Å². The van der Waals surface area contributed by atoms with Crippen LogP contribution in [0, 0.1) is 5.41 Å². The van der Waals surface area contributed by atoms with E-state index in [-0.39, 0.29) is 47.1 Å². The maximum Gasteiger partial charge on any atom is 0.416 e. The largest absolute Gasteiger partial charge is 0.481 e. The zero-order valence-corrected chi connectivity index (χ0v) is 28.0. The third-order valence-electron chi connectivity index (χ3n) is 8.49. The lowest BCUT2D eigenvalue weighted by molar-refractivity contribution is -0.149. The first-order valence-corrected chi connectivity index (χ1v) is 15.5. The van der Waals surface area contributed by atoms with Crippen molar-refractivity contribution in [2.24, 2.45) is 5.41 Å². The summed E-state index contributed by atoms with van der Waals surface area (Å²) in [5.41, 5.74) is -5.30. The van der Waals surface area contributed by atoms with E-state index in [9.17, 15) is 54.2 Å². The van der Waals surface area contributed by atoms with Crippen LogP contribution in [-0.4, -0.2) is 48.9 Å². The quantitative estimate of drug-likeness (QED) is 0.212. The number of pyridine rings is 1. The van der Waals surface area contributed by atoms with Crippen LogP contribution in [0.3, 0.4) is 0 Å². The molecule has 0 spiro atoms. The summed E-state index contributed by atoms with van der Waals surface area (Å²) in [7, 11) is 3.26. The van der Waals surface area contributed by atoms with E-state index in [4.69, 9.17) is 4.74 Å². The summed E-state index contributed by atoms with van der Waals surface area (Å²) in [6, 6.07) is 3.69. The minimum atomic E-state index is -5.09. The third-order valence-corrected chi connectivity index (χ3v) is 8.49. The Morgan fingerprint density at radius 2 is 1.51 bits per heavy atom. The van der Waals surface area contributed by atoms with E-state index in [2.05, 4.69) is 10.3 Å². The highest BCUT2D eigenvalue weighted by Gasteiger charge is 2.41. The van der Waals surface area contributed by atoms with Gasteiger partial charge in [-0.15, -0.1) is 0 Å². The molecule has 2 N–H and O–H groups in total. The first-order chi connectivity index (χ1) is 23.4. The van der Waals surface area contributed by atoms with Crippen LogP contribution in [-0.2, 0) is 34.5 Å². The average molecular weight is 735 g/mol. The number of aromatic nitrogens is 1. The van der Waals surface area contributed by atoms with Crippen molar-refractivity contribution in [2.45, 2.75) is 70.6 Å². The molecule has 17 heteroatoms. The zero-order chi connectivity index (χ0) is 38.3. The van der Waals surface area contributed by atoms with Crippen LogP contribution in [0.2, 0.25) is 0 Å². The molecule has 0 fully saturated rings. The molecule has 278 valence electrons. The number of fused-ring (bicyclic) bond motifs is 1. The molecule has 3 aromatic rings. The minimum Gasteiger partial charge on any atom is -0.481 e. The first kappa shape index (κ1) is 39.1. The summed E-state index contributed by atoms with van der Waals surface area (Å²) in [5, 5.41) is 12.5. The van der Waals surface area contributed by atoms with Crippen molar-refractivity contribution < 1.29 is 58.9 Å². The summed E-state index contributed by atoms with van der Waals surface area (Å²) in [4.78, 5) is 32.1. The minimum absolute atomic E-state index is 0.0126. The van der Waals surface area contributed by atoms with E-state index >= 15 is 0 Å². The van der Waals surface area contributed by atoms with Gasteiger partial charge < -0.3 is 20.1 Å². The lowest BCUT2D eigenvalue weighted by atomic mass is 9.88. The molecule has 51 heavy (non-hydrogen) atoms. The number of hydrogen-bond acceptors (Lipinski definition) is 6. The molecular formula is C34H35F9N4O4. The monoisotopic (exact) mass is 734 g/mol. The number of anilines is 3. The Labute approximate surface area is 287 Å². The Morgan fingerprint density at radius 3 is 2.02 bits per heavy atom. The van der Waals surface area contributed by atoms with Gasteiger partial charge in [0, 0.05) is 32.1 Å². The molecule has 0 unspecified atom stereocenters. The van der Waals surface area contributed by atoms with E-state index in [0.29, 0.717) is 17.8 Å². The third kappa shape index (κ3) is 8.97. The molecular weight excluding hydrogens is 699 g/mol. The lowest BCUT2D eigenvalue weighted by Gasteiger charge is -2.41. The van der Waals surface area contributed by atoms with Crippen molar-refractivity contribution in [1.82, 2.24) is 4.98 Å².